The fraction of sp³-hybridized carbons (Fsp3) is 0.0930. The van der Waals surface area contributed by atoms with Gasteiger partial charge < -0.3 is 16.3 Å². The molecule has 5 aromatic rings. The molecule has 11 nitrogen and oxygen atoms in total. The number of anilines is 3. The van der Waals surface area contributed by atoms with Crippen molar-refractivity contribution in [1.82, 2.24) is 16.3 Å². The van der Waals surface area contributed by atoms with Gasteiger partial charge in [-0.15, -0.1) is 0 Å². The summed E-state index contributed by atoms with van der Waals surface area (Å²) < 4.78 is 0. The summed E-state index contributed by atoms with van der Waals surface area (Å²) in [6.07, 6.45) is 2.87. The second kappa shape index (κ2) is 14.4. The lowest BCUT2D eigenvalue weighted by Gasteiger charge is -2.29. The number of rotatable bonds is 8. The summed E-state index contributed by atoms with van der Waals surface area (Å²) in [4.78, 5) is 70.0. The number of fused-ring (bicyclic) bond motifs is 2. The van der Waals surface area contributed by atoms with E-state index in [0.29, 0.717) is 39.3 Å². The van der Waals surface area contributed by atoms with Gasteiger partial charge in [0.05, 0.1) is 28.2 Å². The number of imide groups is 2. The highest BCUT2D eigenvalue weighted by Gasteiger charge is 2.37. The lowest BCUT2D eigenvalue weighted by molar-refractivity contribution is -0.113. The minimum Gasteiger partial charge on any atom is -0.307 e. The van der Waals surface area contributed by atoms with Gasteiger partial charge >= 0.3 is 0 Å². The lowest BCUT2D eigenvalue weighted by Crippen LogP contribution is -2.43. The molecule has 4 N–H and O–H groups in total. The molecule has 0 aliphatic carbocycles. The number of aryl methyl sites for hydroxylation is 4. The maximum Gasteiger partial charge on any atom is 0.269 e. The summed E-state index contributed by atoms with van der Waals surface area (Å²) in [7, 11) is 0. The zero-order valence-electron chi connectivity index (χ0n) is 30.0. The smallest absolute Gasteiger partial charge is 0.269 e. The van der Waals surface area contributed by atoms with E-state index in [1.807, 2.05) is 45.9 Å². The number of hydrazine groups is 2. The van der Waals surface area contributed by atoms with Gasteiger partial charge in [0, 0.05) is 40.2 Å². The largest absolute Gasteiger partial charge is 0.307 e. The highest BCUT2D eigenvalue weighted by molar-refractivity contribution is 6.42. The molecule has 2 aliphatic heterocycles. The van der Waals surface area contributed by atoms with Crippen LogP contribution in [0.2, 0.25) is 0 Å². The molecule has 268 valence electrons. The predicted molar refractivity (Wildman–Crippen MR) is 208 cm³/mol. The van der Waals surface area contributed by atoms with Crippen molar-refractivity contribution >= 4 is 57.7 Å². The van der Waals surface area contributed by atoms with Crippen LogP contribution < -0.4 is 31.5 Å². The van der Waals surface area contributed by atoms with Gasteiger partial charge in [0.25, 0.3) is 29.5 Å². The Balaban J connectivity index is 1.06. The normalized spacial score (nSPS) is 15.3. The van der Waals surface area contributed by atoms with Crippen LogP contribution in [0.25, 0.3) is 11.1 Å². The van der Waals surface area contributed by atoms with Gasteiger partial charge in [-0.1, -0.05) is 54.6 Å². The van der Waals surface area contributed by atoms with Crippen LogP contribution in [-0.2, 0) is 9.59 Å². The number of nitrogens with one attached hydrogen (secondary N) is 4. The predicted octanol–water partition coefficient (Wildman–Crippen LogP) is 6.53. The Bertz CT molecular complexity index is 2470. The van der Waals surface area contributed by atoms with Gasteiger partial charge in [-0.2, -0.15) is 0 Å². The number of hydrogen-bond donors (Lipinski definition) is 4. The van der Waals surface area contributed by atoms with Gasteiger partial charge in [0.1, 0.15) is 0 Å². The molecule has 0 saturated heterocycles. The van der Waals surface area contributed by atoms with E-state index in [1.54, 1.807) is 91.0 Å². The fourth-order valence-corrected chi connectivity index (χ4v) is 6.36. The summed E-state index contributed by atoms with van der Waals surface area (Å²) in [5.74, 6) is -2.35. The van der Waals surface area contributed by atoms with Gasteiger partial charge in [0.2, 0.25) is 0 Å². The van der Waals surface area contributed by atoms with Gasteiger partial charge in [-0.05, 0) is 105 Å². The molecule has 2 heterocycles. The quantitative estimate of drug-likeness (QED) is 0.0808. The lowest BCUT2D eigenvalue weighted by atomic mass is 9.93. The first-order chi connectivity index (χ1) is 26.0. The molecule has 54 heavy (non-hydrogen) atoms. The number of amides is 5. The van der Waals surface area contributed by atoms with Crippen LogP contribution in [0.15, 0.2) is 122 Å². The SMILES string of the molecule is Cc1ccc(N2C(=O)/C(=C\NNC(=O)c3cccc(NN/C=C4/C(=O)N(c5ccc(C)c(C)c5)C(=O)c5ccccc54)c3)c3ccccc3C2=O)cc1C. The van der Waals surface area contributed by atoms with Crippen molar-refractivity contribution < 1.29 is 24.0 Å². The van der Waals surface area contributed by atoms with Gasteiger partial charge in [0.15, 0.2) is 0 Å². The van der Waals surface area contributed by atoms with Crippen molar-refractivity contribution in [3.63, 3.8) is 0 Å². The molecule has 11 heteroatoms. The molecular formula is C43H36N6O5. The van der Waals surface area contributed by atoms with Crippen LogP contribution in [0.3, 0.4) is 0 Å². The van der Waals surface area contributed by atoms with E-state index < -0.39 is 29.5 Å². The Hall–Kier alpha value is -7.27. The molecule has 0 radical (unpaired) electrons. The van der Waals surface area contributed by atoms with E-state index in [-0.39, 0.29) is 16.7 Å². The third-order valence-electron chi connectivity index (χ3n) is 9.63. The fourth-order valence-electron chi connectivity index (χ4n) is 6.36. The molecule has 5 aromatic carbocycles. The van der Waals surface area contributed by atoms with Gasteiger partial charge in [-0.3, -0.25) is 29.4 Å². The summed E-state index contributed by atoms with van der Waals surface area (Å²) >= 11 is 0. The highest BCUT2D eigenvalue weighted by atomic mass is 16.2. The standard InChI is InChI=1S/C43H36N6O5/c1-25-16-18-31(20-27(25)3)48-40(51)35-14-7-5-12-33(35)37(42(48)53)23-44-46-30-11-9-10-29(22-30)39(50)47-45-24-38-34-13-6-8-15-36(34)41(52)49(43(38)54)32-19-17-26(2)28(4)21-32/h5-24,44-46H,1-4H3,(H,47,50)/b37-23+,38-24-. The highest BCUT2D eigenvalue weighted by Crippen LogP contribution is 2.34. The second-order valence-electron chi connectivity index (χ2n) is 13.1. The zero-order chi connectivity index (χ0) is 38.1. The van der Waals surface area contributed by atoms with Crippen LogP contribution in [0.1, 0.15) is 64.5 Å². The number of nitrogens with zero attached hydrogens (tertiary/aromatic N) is 2. The van der Waals surface area contributed by atoms with Crippen molar-refractivity contribution in [3.8, 4) is 0 Å². The Morgan fingerprint density at radius 3 is 1.48 bits per heavy atom. The zero-order valence-corrected chi connectivity index (χ0v) is 30.0. The summed E-state index contributed by atoms with van der Waals surface area (Å²) in [5.41, 5.74) is 19.2. The molecule has 0 fully saturated rings. The van der Waals surface area contributed by atoms with E-state index in [0.717, 1.165) is 27.2 Å². The van der Waals surface area contributed by atoms with E-state index in [2.05, 4.69) is 21.7 Å². The van der Waals surface area contributed by atoms with E-state index in [4.69, 9.17) is 0 Å². The number of benzene rings is 5. The summed E-state index contributed by atoms with van der Waals surface area (Å²) in [5, 5.41) is 0. The van der Waals surface area contributed by atoms with Crippen molar-refractivity contribution in [2.75, 3.05) is 15.2 Å². The van der Waals surface area contributed by atoms with Crippen molar-refractivity contribution in [2.24, 2.45) is 0 Å². The summed E-state index contributed by atoms with van der Waals surface area (Å²) in [6, 6.07) is 31.2. The molecule has 7 rings (SSSR count). The first-order valence-electron chi connectivity index (χ1n) is 17.2. The Labute approximate surface area is 311 Å². The van der Waals surface area contributed by atoms with Crippen molar-refractivity contribution in [1.29, 1.82) is 0 Å². The Morgan fingerprint density at radius 1 is 0.500 bits per heavy atom. The van der Waals surface area contributed by atoms with Crippen molar-refractivity contribution in [2.45, 2.75) is 27.7 Å². The first-order valence-corrected chi connectivity index (χ1v) is 17.2. The first kappa shape index (κ1) is 35.1. The second-order valence-corrected chi connectivity index (χ2v) is 13.1. The van der Waals surface area contributed by atoms with Crippen LogP contribution in [0.4, 0.5) is 17.1 Å². The van der Waals surface area contributed by atoms with Crippen molar-refractivity contribution in [3.05, 3.63) is 172 Å². The molecule has 2 aliphatic rings. The van der Waals surface area contributed by atoms with E-state index in [9.17, 15) is 24.0 Å². The minimum absolute atomic E-state index is 0.202. The number of carbonyl (C=O) groups is 5. The molecule has 0 spiro atoms. The molecule has 0 bridgehead atoms. The Kier molecular flexibility index (Phi) is 9.37. The third kappa shape index (κ3) is 6.50. The van der Waals surface area contributed by atoms with Crippen LogP contribution >= 0.6 is 0 Å². The van der Waals surface area contributed by atoms with Crippen LogP contribution in [0, 0.1) is 27.7 Å². The molecule has 5 amide bonds. The van der Waals surface area contributed by atoms with Crippen LogP contribution in [-0.4, -0.2) is 29.5 Å². The molecule has 0 unspecified atom stereocenters. The molecule has 0 atom stereocenters. The maximum atomic E-state index is 13.8. The van der Waals surface area contributed by atoms with Crippen LogP contribution in [0.5, 0.6) is 0 Å². The maximum absolute atomic E-state index is 13.8. The number of hydrogen-bond acceptors (Lipinski definition) is 8. The molecule has 0 aromatic heterocycles. The number of carbonyl (C=O) groups excluding carboxylic acids is 5. The van der Waals surface area contributed by atoms with Gasteiger partial charge in [-0.25, -0.2) is 9.80 Å². The monoisotopic (exact) mass is 716 g/mol. The van der Waals surface area contributed by atoms with E-state index >= 15 is 0 Å². The van der Waals surface area contributed by atoms with E-state index in [1.165, 1.54) is 17.3 Å². The molecule has 0 saturated carbocycles. The summed E-state index contributed by atoms with van der Waals surface area (Å²) in [6.45, 7) is 7.76. The third-order valence-corrected chi connectivity index (χ3v) is 9.63. The minimum atomic E-state index is -0.532. The average Bonchev–Trinajstić information content (AvgIpc) is 3.17. The Morgan fingerprint density at radius 2 is 0.981 bits per heavy atom. The average molecular weight is 717 g/mol. The molecular weight excluding hydrogens is 681 g/mol. The topological polar surface area (TPSA) is 140 Å².